The lowest BCUT2D eigenvalue weighted by Gasteiger charge is -2.14. The second-order valence-corrected chi connectivity index (χ2v) is 5.20. The van der Waals surface area contributed by atoms with Crippen LogP contribution in [0.15, 0.2) is 24.5 Å². The fourth-order valence-corrected chi connectivity index (χ4v) is 2.24. The van der Waals surface area contributed by atoms with Gasteiger partial charge in [-0.25, -0.2) is 11.6 Å². The van der Waals surface area contributed by atoms with E-state index in [1.165, 1.54) is 0 Å². The molecule has 2 aromatic heterocycles. The molecule has 0 spiro atoms. The number of hydrogen-bond acceptors (Lipinski definition) is 2. The van der Waals surface area contributed by atoms with Gasteiger partial charge >= 0.3 is 11.7 Å². The van der Waals surface area contributed by atoms with Crippen LogP contribution in [0.3, 0.4) is 0 Å². The maximum absolute atomic E-state index is 12.4. The summed E-state index contributed by atoms with van der Waals surface area (Å²) in [4.78, 5) is 7.49. The van der Waals surface area contributed by atoms with Crippen LogP contribution in [0.5, 0.6) is 0 Å². The van der Waals surface area contributed by atoms with E-state index < -0.39 is 24.6 Å². The van der Waals surface area contributed by atoms with Gasteiger partial charge in [-0.05, 0) is 18.6 Å². The summed E-state index contributed by atoms with van der Waals surface area (Å²) in [5.74, 6) is 0. The van der Waals surface area contributed by atoms with E-state index in [4.69, 9.17) is 6.57 Å². The zero-order chi connectivity index (χ0) is 16.4. The van der Waals surface area contributed by atoms with Gasteiger partial charge in [-0.15, -0.1) is 0 Å². The van der Waals surface area contributed by atoms with Crippen molar-refractivity contribution in [2.75, 3.05) is 0 Å². The number of alkyl halides is 3. The number of imidazole rings is 1. The lowest BCUT2D eigenvalue weighted by atomic mass is 9.90. The Morgan fingerprint density at radius 2 is 2.14 bits per heavy atom. The summed E-state index contributed by atoms with van der Waals surface area (Å²) in [5.41, 5.74) is 0.287. The van der Waals surface area contributed by atoms with Crippen LogP contribution in [-0.2, 0) is 6.42 Å². The van der Waals surface area contributed by atoms with Gasteiger partial charge < -0.3 is 4.40 Å². The lowest BCUT2D eigenvalue weighted by molar-refractivity contribution is -0.136. The summed E-state index contributed by atoms with van der Waals surface area (Å²) in [6.07, 6.45) is -2.81. The van der Waals surface area contributed by atoms with Crippen molar-refractivity contribution in [2.24, 2.45) is 0 Å². The zero-order valence-electron chi connectivity index (χ0n) is 11.9. The molecule has 7 heteroatoms. The third-order valence-electron chi connectivity index (χ3n) is 3.45. The average Bonchev–Trinajstić information content (AvgIpc) is 2.86. The highest BCUT2D eigenvalue weighted by atomic mass is 19.4. The molecule has 2 heterocycles. The molecule has 0 saturated carbocycles. The molecule has 4 nitrogen and oxygen atoms in total. The molecule has 0 N–H and O–H groups in total. The summed E-state index contributed by atoms with van der Waals surface area (Å²) in [7, 11) is 0. The third-order valence-corrected chi connectivity index (χ3v) is 3.45. The normalized spacial score (nSPS) is 14.3. The zero-order valence-corrected chi connectivity index (χ0v) is 11.9. The third kappa shape index (κ3) is 3.37. The molecule has 1 atom stereocenters. The van der Waals surface area contributed by atoms with Gasteiger partial charge in [-0.1, -0.05) is 6.07 Å². The number of nitriles is 1. The summed E-state index contributed by atoms with van der Waals surface area (Å²) >= 11 is 0. The Bertz CT molecular complexity index is 748. The first-order valence-corrected chi connectivity index (χ1v) is 6.58. The second kappa shape index (κ2) is 5.69. The first kappa shape index (κ1) is 15.8. The van der Waals surface area contributed by atoms with Crippen molar-refractivity contribution in [1.29, 1.82) is 5.26 Å². The molecule has 0 saturated heterocycles. The highest BCUT2D eigenvalue weighted by Crippen LogP contribution is 2.30. The molecule has 2 aromatic rings. The Labute approximate surface area is 125 Å². The smallest absolute Gasteiger partial charge is 0.307 e. The van der Waals surface area contributed by atoms with Crippen molar-refractivity contribution in [1.82, 2.24) is 9.38 Å². The van der Waals surface area contributed by atoms with E-state index in [0.29, 0.717) is 11.3 Å². The fourth-order valence-electron chi connectivity index (χ4n) is 2.24. The summed E-state index contributed by atoms with van der Waals surface area (Å²) < 4.78 is 38.9. The molecule has 0 aliphatic carbocycles. The molecule has 0 fully saturated rings. The Kier molecular flexibility index (Phi) is 4.09. The number of fused-ring (bicyclic) bond motifs is 1. The summed E-state index contributed by atoms with van der Waals surface area (Å²) in [6, 6.07) is 5.43. The van der Waals surface area contributed by atoms with Crippen molar-refractivity contribution in [3.8, 4) is 6.07 Å². The van der Waals surface area contributed by atoms with Gasteiger partial charge in [0.1, 0.15) is 5.65 Å². The van der Waals surface area contributed by atoms with Crippen LogP contribution in [0.1, 0.15) is 24.1 Å². The van der Waals surface area contributed by atoms with E-state index in [1.807, 2.05) is 19.1 Å². The summed E-state index contributed by atoms with van der Waals surface area (Å²) in [5, 5.41) is 9.20. The van der Waals surface area contributed by atoms with Gasteiger partial charge in [-0.3, -0.25) is 4.85 Å². The predicted molar refractivity (Wildman–Crippen MR) is 73.9 cm³/mol. The highest BCUT2D eigenvalue weighted by molar-refractivity contribution is 5.48. The Morgan fingerprint density at radius 3 is 2.68 bits per heavy atom. The first-order chi connectivity index (χ1) is 10.3. The van der Waals surface area contributed by atoms with Crippen molar-refractivity contribution in [2.45, 2.75) is 37.9 Å². The number of nitrogens with zero attached hydrogens (tertiary/aromatic N) is 4. The molecule has 0 bridgehead atoms. The topological polar surface area (TPSA) is 45.5 Å². The minimum Gasteiger partial charge on any atom is -0.307 e. The molecule has 0 aliphatic heterocycles. The van der Waals surface area contributed by atoms with Crippen molar-refractivity contribution in [3.05, 3.63) is 47.2 Å². The number of hydrogen-bond donors (Lipinski definition) is 0. The highest BCUT2D eigenvalue weighted by Gasteiger charge is 2.42. The van der Waals surface area contributed by atoms with Crippen molar-refractivity contribution in [3.63, 3.8) is 0 Å². The number of rotatable bonds is 4. The number of pyridine rings is 1. The van der Waals surface area contributed by atoms with E-state index in [2.05, 4.69) is 9.83 Å². The van der Waals surface area contributed by atoms with Gasteiger partial charge in [0.15, 0.2) is 6.07 Å². The fraction of sp³-hybridized carbons (Fsp3) is 0.400. The number of aromatic nitrogens is 2. The van der Waals surface area contributed by atoms with Gasteiger partial charge in [0.05, 0.1) is 18.5 Å². The van der Waals surface area contributed by atoms with E-state index in [-0.39, 0.29) is 6.42 Å². The first-order valence-electron chi connectivity index (χ1n) is 6.58. The van der Waals surface area contributed by atoms with Gasteiger partial charge in [0.25, 0.3) is 0 Å². The molecule has 0 radical (unpaired) electrons. The van der Waals surface area contributed by atoms with Crippen LogP contribution < -0.4 is 0 Å². The van der Waals surface area contributed by atoms with E-state index in [0.717, 1.165) is 5.56 Å². The van der Waals surface area contributed by atoms with Crippen LogP contribution in [0.4, 0.5) is 13.2 Å². The largest absolute Gasteiger partial charge is 0.389 e. The monoisotopic (exact) mass is 306 g/mol. The van der Waals surface area contributed by atoms with Crippen molar-refractivity contribution >= 4 is 5.65 Å². The quantitative estimate of drug-likeness (QED) is 0.808. The molecule has 1 unspecified atom stereocenters. The Hall–Kier alpha value is -2.54. The molecule has 0 aliphatic rings. The number of halogens is 3. The predicted octanol–water partition coefficient (Wildman–Crippen LogP) is 3.71. The van der Waals surface area contributed by atoms with E-state index in [9.17, 15) is 18.4 Å². The molecule has 2 rings (SSSR count). The van der Waals surface area contributed by atoms with Crippen LogP contribution in [0.25, 0.3) is 10.5 Å². The maximum atomic E-state index is 12.4. The van der Waals surface area contributed by atoms with Gasteiger partial charge in [0, 0.05) is 18.8 Å². The van der Waals surface area contributed by atoms with E-state index in [1.54, 1.807) is 22.9 Å². The molecular formula is C15H13F3N4. The summed E-state index contributed by atoms with van der Waals surface area (Å²) in [6.45, 7) is 9.01. The second-order valence-electron chi connectivity index (χ2n) is 5.20. The molecule has 22 heavy (non-hydrogen) atoms. The van der Waals surface area contributed by atoms with Crippen molar-refractivity contribution < 1.29 is 13.2 Å². The van der Waals surface area contributed by atoms with Crippen LogP contribution in [0, 0.1) is 24.8 Å². The Morgan fingerprint density at radius 1 is 1.41 bits per heavy atom. The van der Waals surface area contributed by atoms with E-state index >= 15 is 0 Å². The minimum absolute atomic E-state index is 0.121. The van der Waals surface area contributed by atoms with Gasteiger partial charge in [0.2, 0.25) is 0 Å². The van der Waals surface area contributed by atoms with Crippen LogP contribution >= 0.6 is 0 Å². The lowest BCUT2D eigenvalue weighted by Crippen LogP contribution is -2.28. The van der Waals surface area contributed by atoms with Gasteiger partial charge in [-0.2, -0.15) is 18.4 Å². The molecule has 114 valence electrons. The maximum Gasteiger partial charge on any atom is 0.389 e. The molecule has 0 amide bonds. The average molecular weight is 306 g/mol. The molecular weight excluding hydrogens is 293 g/mol. The SMILES string of the molecule is [C-]#[N+]C(C#N)(CCC(F)(F)F)Cc1cn2cccc(C)c2n1. The Balaban J connectivity index is 2.29. The standard InChI is InChI=1S/C15H13F3N4/c1-11-4-3-7-22-9-12(21-13(11)22)8-14(10-19,20-2)5-6-15(16,17)18/h3-4,7,9H,5-6,8H2,1H3. The minimum atomic E-state index is -4.39. The van der Waals surface area contributed by atoms with Crippen LogP contribution in [-0.4, -0.2) is 21.1 Å². The molecule has 0 aromatic carbocycles. The van der Waals surface area contributed by atoms with Crippen LogP contribution in [0.2, 0.25) is 0 Å². The number of aryl methyl sites for hydroxylation is 1.